The number of anilines is 1. The van der Waals surface area contributed by atoms with E-state index in [0.29, 0.717) is 6.04 Å². The Morgan fingerprint density at radius 1 is 1.29 bits per heavy atom. The zero-order chi connectivity index (χ0) is 15.4. The predicted molar refractivity (Wildman–Crippen MR) is 87.7 cm³/mol. The monoisotopic (exact) mass is 287 g/mol. The number of carbonyl (C=O) groups is 1. The van der Waals surface area contributed by atoms with Gasteiger partial charge in [-0.3, -0.25) is 0 Å². The lowest BCUT2D eigenvalue weighted by molar-refractivity contribution is -0.131. The molecule has 1 aromatic carbocycles. The number of aliphatic carboxylic acids is 1. The lowest BCUT2D eigenvalue weighted by Crippen LogP contribution is -2.35. The van der Waals surface area contributed by atoms with Crippen molar-refractivity contribution in [1.82, 2.24) is 0 Å². The number of carboxylic acid groups (broad SMARTS) is 1. The van der Waals surface area contributed by atoms with E-state index in [2.05, 4.69) is 37.9 Å². The summed E-state index contributed by atoms with van der Waals surface area (Å²) in [4.78, 5) is 13.0. The van der Waals surface area contributed by atoms with Crippen LogP contribution in [0.2, 0.25) is 0 Å². The van der Waals surface area contributed by atoms with Crippen LogP contribution in [0, 0.1) is 12.8 Å². The molecule has 0 atom stereocenters. The van der Waals surface area contributed by atoms with Gasteiger partial charge in [0.1, 0.15) is 0 Å². The van der Waals surface area contributed by atoms with Crippen LogP contribution in [0.15, 0.2) is 24.3 Å². The lowest BCUT2D eigenvalue weighted by Gasteiger charge is -2.36. The maximum absolute atomic E-state index is 10.6. The van der Waals surface area contributed by atoms with Gasteiger partial charge in [-0.1, -0.05) is 13.0 Å². The predicted octanol–water partition coefficient (Wildman–Crippen LogP) is 4.11. The first-order valence-corrected chi connectivity index (χ1v) is 7.72. The van der Waals surface area contributed by atoms with Crippen molar-refractivity contribution in [3.63, 3.8) is 0 Å². The molecule has 1 N–H and O–H groups in total. The molecule has 21 heavy (non-hydrogen) atoms. The van der Waals surface area contributed by atoms with E-state index >= 15 is 0 Å². The molecule has 0 bridgehead atoms. The fraction of sp³-hybridized carbons (Fsp3) is 0.500. The average Bonchev–Trinajstić information content (AvgIpc) is 2.45. The first-order valence-electron chi connectivity index (χ1n) is 7.72. The number of benzene rings is 1. The summed E-state index contributed by atoms with van der Waals surface area (Å²) < 4.78 is 0. The summed E-state index contributed by atoms with van der Waals surface area (Å²) in [5.74, 6) is -0.0514. The highest BCUT2D eigenvalue weighted by Crippen LogP contribution is 2.31. The summed E-state index contributed by atoms with van der Waals surface area (Å²) >= 11 is 0. The Bertz CT molecular complexity index is 528. The smallest absolute Gasteiger partial charge is 0.328 e. The van der Waals surface area contributed by atoms with E-state index in [1.54, 1.807) is 6.08 Å². The molecule has 0 aliphatic heterocycles. The maximum atomic E-state index is 10.6. The van der Waals surface area contributed by atoms with Gasteiger partial charge in [0, 0.05) is 24.9 Å². The standard InChI is InChI=1S/C18H25NO2/c1-13-4-8-16(9-5-13)19(3)17-10-6-15(12-14(17)2)7-11-18(20)21/h6-7,10-13,16H,4-5,8-9H2,1-3H3,(H,20,21). The third-order valence-electron chi connectivity index (χ3n) is 4.55. The summed E-state index contributed by atoms with van der Waals surface area (Å²) in [7, 11) is 2.18. The molecule has 2 rings (SSSR count). The minimum Gasteiger partial charge on any atom is -0.478 e. The highest BCUT2D eigenvalue weighted by atomic mass is 16.4. The summed E-state index contributed by atoms with van der Waals surface area (Å²) in [5, 5.41) is 8.68. The van der Waals surface area contributed by atoms with Crippen molar-refractivity contribution in [3.05, 3.63) is 35.4 Å². The van der Waals surface area contributed by atoms with Crippen molar-refractivity contribution in [1.29, 1.82) is 0 Å². The molecular weight excluding hydrogens is 262 g/mol. The second-order valence-corrected chi connectivity index (χ2v) is 6.24. The van der Waals surface area contributed by atoms with Crippen molar-refractivity contribution < 1.29 is 9.90 Å². The molecule has 1 aromatic rings. The largest absolute Gasteiger partial charge is 0.478 e. The molecule has 0 spiro atoms. The summed E-state index contributed by atoms with van der Waals surface area (Å²) in [6.45, 7) is 4.43. The van der Waals surface area contributed by atoms with Crippen LogP contribution in [0.1, 0.15) is 43.7 Å². The fourth-order valence-corrected chi connectivity index (χ4v) is 3.17. The number of nitrogens with zero attached hydrogens (tertiary/aromatic N) is 1. The van der Waals surface area contributed by atoms with Gasteiger partial charge in [-0.25, -0.2) is 4.79 Å². The zero-order valence-corrected chi connectivity index (χ0v) is 13.2. The first-order chi connectivity index (χ1) is 9.97. The second kappa shape index (κ2) is 6.79. The van der Waals surface area contributed by atoms with Gasteiger partial charge in [0.15, 0.2) is 0 Å². The number of hydrogen-bond donors (Lipinski definition) is 1. The van der Waals surface area contributed by atoms with Gasteiger partial charge in [0.2, 0.25) is 0 Å². The number of carboxylic acids is 1. The second-order valence-electron chi connectivity index (χ2n) is 6.24. The summed E-state index contributed by atoms with van der Waals surface area (Å²) in [5.41, 5.74) is 3.38. The van der Waals surface area contributed by atoms with Crippen LogP contribution >= 0.6 is 0 Å². The zero-order valence-electron chi connectivity index (χ0n) is 13.2. The Morgan fingerprint density at radius 2 is 1.95 bits per heavy atom. The molecule has 0 heterocycles. The van der Waals surface area contributed by atoms with Crippen LogP contribution in [-0.2, 0) is 4.79 Å². The number of aryl methyl sites for hydroxylation is 1. The molecule has 1 aliphatic carbocycles. The fourth-order valence-electron chi connectivity index (χ4n) is 3.17. The highest BCUT2D eigenvalue weighted by Gasteiger charge is 2.22. The molecule has 0 radical (unpaired) electrons. The van der Waals surface area contributed by atoms with E-state index in [4.69, 9.17) is 5.11 Å². The molecule has 1 saturated carbocycles. The van der Waals surface area contributed by atoms with Crippen LogP contribution < -0.4 is 4.90 Å². The van der Waals surface area contributed by atoms with E-state index in [9.17, 15) is 4.79 Å². The third kappa shape index (κ3) is 4.10. The van der Waals surface area contributed by atoms with E-state index in [0.717, 1.165) is 11.5 Å². The van der Waals surface area contributed by atoms with Gasteiger partial charge in [0.05, 0.1) is 0 Å². The van der Waals surface area contributed by atoms with Gasteiger partial charge in [0.25, 0.3) is 0 Å². The molecule has 114 valence electrons. The Labute approximate surface area is 127 Å². The van der Waals surface area contributed by atoms with Crippen LogP contribution in [0.3, 0.4) is 0 Å². The third-order valence-corrected chi connectivity index (χ3v) is 4.55. The van der Waals surface area contributed by atoms with Crippen molar-refractivity contribution in [3.8, 4) is 0 Å². The van der Waals surface area contributed by atoms with Crippen molar-refractivity contribution in [2.75, 3.05) is 11.9 Å². The molecule has 1 fully saturated rings. The van der Waals surface area contributed by atoms with Gasteiger partial charge < -0.3 is 10.0 Å². The summed E-state index contributed by atoms with van der Waals surface area (Å²) in [6.07, 6.45) is 7.97. The van der Waals surface area contributed by atoms with Crippen LogP contribution in [-0.4, -0.2) is 24.2 Å². The van der Waals surface area contributed by atoms with Gasteiger partial charge in [-0.05, 0) is 67.9 Å². The minimum atomic E-state index is -0.912. The van der Waals surface area contributed by atoms with Gasteiger partial charge >= 0.3 is 5.97 Å². The maximum Gasteiger partial charge on any atom is 0.328 e. The van der Waals surface area contributed by atoms with E-state index in [1.165, 1.54) is 43.0 Å². The van der Waals surface area contributed by atoms with Gasteiger partial charge in [-0.2, -0.15) is 0 Å². The molecule has 0 saturated heterocycles. The lowest BCUT2D eigenvalue weighted by atomic mass is 9.86. The molecular formula is C18H25NO2. The van der Waals surface area contributed by atoms with Crippen molar-refractivity contribution >= 4 is 17.7 Å². The molecule has 3 heteroatoms. The summed E-state index contributed by atoms with van der Waals surface area (Å²) in [6, 6.07) is 6.77. The highest BCUT2D eigenvalue weighted by molar-refractivity contribution is 5.85. The van der Waals surface area contributed by atoms with E-state index in [-0.39, 0.29) is 0 Å². The van der Waals surface area contributed by atoms with Crippen molar-refractivity contribution in [2.24, 2.45) is 5.92 Å². The SMILES string of the molecule is Cc1cc(C=CC(=O)O)ccc1N(C)C1CCC(C)CC1. The van der Waals surface area contributed by atoms with Crippen molar-refractivity contribution in [2.45, 2.75) is 45.6 Å². The minimum absolute atomic E-state index is 0.625. The van der Waals surface area contributed by atoms with Crippen LogP contribution in [0.4, 0.5) is 5.69 Å². The Balaban J connectivity index is 2.11. The first kappa shape index (κ1) is 15.6. The Morgan fingerprint density at radius 3 is 2.52 bits per heavy atom. The topological polar surface area (TPSA) is 40.5 Å². The Hall–Kier alpha value is -1.77. The average molecular weight is 287 g/mol. The van der Waals surface area contributed by atoms with Crippen LogP contribution in [0.5, 0.6) is 0 Å². The van der Waals surface area contributed by atoms with E-state index in [1.807, 2.05) is 6.07 Å². The van der Waals surface area contributed by atoms with E-state index < -0.39 is 5.97 Å². The quantitative estimate of drug-likeness (QED) is 0.847. The molecule has 0 aromatic heterocycles. The number of rotatable bonds is 4. The molecule has 1 aliphatic rings. The Kier molecular flexibility index (Phi) is 5.05. The molecule has 0 amide bonds. The normalized spacial score (nSPS) is 22.4. The number of hydrogen-bond acceptors (Lipinski definition) is 2. The molecule has 0 unspecified atom stereocenters. The molecule has 3 nitrogen and oxygen atoms in total. The van der Waals surface area contributed by atoms with Gasteiger partial charge in [-0.15, -0.1) is 0 Å². The van der Waals surface area contributed by atoms with Crippen LogP contribution in [0.25, 0.3) is 6.08 Å².